The smallest absolute Gasteiger partial charge is 0.0717 e. The van der Waals surface area contributed by atoms with E-state index in [0.29, 0.717) is 0 Å². The molecule has 0 nitrogen and oxygen atoms in total. The van der Waals surface area contributed by atoms with Gasteiger partial charge in [0.2, 0.25) is 0 Å². The molecule has 0 N–H and O–H groups in total. The number of hydrogen-bond donors (Lipinski definition) is 0. The summed E-state index contributed by atoms with van der Waals surface area (Å²) in [7, 11) is 0. The van der Waals surface area contributed by atoms with Crippen molar-refractivity contribution in [3.63, 3.8) is 0 Å². The zero-order valence-electron chi connectivity index (χ0n) is 47.4. The summed E-state index contributed by atoms with van der Waals surface area (Å²) in [5.74, 6) is 4.88. The first-order chi connectivity index (χ1) is 42.4. The molecule has 0 aromatic rings. The van der Waals surface area contributed by atoms with E-state index in [9.17, 15) is 0 Å². The highest BCUT2D eigenvalue weighted by Gasteiger charge is 2.38. The Bertz CT molecular complexity index is 2490. The zero-order valence-corrected chi connectivity index (χ0v) is 73.6. The molecule has 0 aliphatic carbocycles. The minimum absolute atomic E-state index is 1.02. The van der Waals surface area contributed by atoms with Gasteiger partial charge in [0, 0.05) is 30.5 Å². The molecule has 11 aliphatic rings. The van der Waals surface area contributed by atoms with Crippen molar-refractivity contribution in [1.82, 2.24) is 0 Å². The minimum atomic E-state index is 1.02. The van der Waals surface area contributed by atoms with Gasteiger partial charge in [-0.05, 0) is 48.7 Å². The summed E-state index contributed by atoms with van der Waals surface area (Å²) in [6.07, 6.45) is 21.1. The molecule has 0 atom stereocenters. The normalized spacial score (nSPS) is 23.0. The van der Waals surface area contributed by atoms with E-state index >= 15 is 0 Å². The maximum absolute atomic E-state index is 2.33. The molecule has 0 aromatic carbocycles. The maximum Gasteiger partial charge on any atom is 0.0717 e. The molecule has 11 rings (SSSR count). The molecule has 0 radical (unpaired) electrons. The van der Waals surface area contributed by atoms with Gasteiger partial charge < -0.3 is 0 Å². The molecule has 11 aliphatic heterocycles. The second-order valence-corrected chi connectivity index (χ2v) is 59.6. The van der Waals surface area contributed by atoms with Gasteiger partial charge in [-0.15, -0.1) is 188 Å². The lowest BCUT2D eigenvalue weighted by molar-refractivity contribution is 0.707. The van der Waals surface area contributed by atoms with Gasteiger partial charge in [0.25, 0.3) is 0 Å². The topological polar surface area (TPSA) is 0 Å². The summed E-state index contributed by atoms with van der Waals surface area (Å²) >= 11 is 67.5. The lowest BCUT2D eigenvalue weighted by atomic mass is 10.2. The third-order valence-corrected chi connectivity index (χ3v) is 59.6. The second-order valence-electron chi connectivity index (χ2n) is 18.6. The van der Waals surface area contributed by atoms with Gasteiger partial charge in [-0.25, -0.2) is 0 Å². The SMILES string of the molecule is CCCCCCSC1=C2SCSC3=C(SCCCCCC)SC(=C4SC5=C(SCSC6=C7SCSC8=C(SCSC9=C(SCS5)SC(=C(S1)S2)S9)SC(=C1SC(SCCCCCC)=C(SCSC2=C(SCCCCCC)SC(=C(S7)S6)S2)S1)S8)S4)S3. The standard InChI is InChI=1S/C54H64S32/c1-5-9-13-17-21-55-31-35-59-25-60-36-32(56-22-18-14-10-6-2)72-48(76-36)52-80-40-45(84-52)69-30-70-46-42-66-28-65-41-44(68-29-67-43-39(63-27-64-40)79-51(83-43)47(71-31)75-35)85-53(81-41)49-73-33(57-23-19-15-11-7-3)37(77-49)61-26-62-38-34(58-24-20-16-12-8-4)74-50(78-38)54(82-42)86-46/h5-30H2,1-4H3. The molecule has 0 amide bonds. The molecule has 11 heterocycles. The molecule has 16 bridgehead atoms. The van der Waals surface area contributed by atoms with Crippen molar-refractivity contribution in [3.05, 3.63) is 102 Å². The number of unbranched alkanes of at least 4 members (excludes halogenated alkanes) is 12. The highest BCUT2D eigenvalue weighted by Crippen LogP contribution is 2.73. The van der Waals surface area contributed by atoms with Crippen LogP contribution in [-0.4, -0.2) is 53.5 Å². The molecule has 86 heavy (non-hydrogen) atoms. The average Bonchev–Trinajstić information content (AvgIpc) is 3.67. The van der Waals surface area contributed by atoms with Gasteiger partial charge >= 0.3 is 0 Å². The molecule has 0 saturated carbocycles. The van der Waals surface area contributed by atoms with Gasteiger partial charge in [-0.1, -0.05) is 293 Å². The van der Waals surface area contributed by atoms with Crippen molar-refractivity contribution in [2.75, 3.05) is 53.5 Å². The van der Waals surface area contributed by atoms with Crippen LogP contribution in [0.3, 0.4) is 0 Å². The number of rotatable bonds is 24. The lowest BCUT2D eigenvalue weighted by Crippen LogP contribution is -1.82. The largest absolute Gasteiger partial charge is 0.117 e. The first kappa shape index (κ1) is 75.2. The van der Waals surface area contributed by atoms with Crippen LogP contribution in [-0.2, 0) is 0 Å². The van der Waals surface area contributed by atoms with E-state index in [0.717, 1.165) is 30.5 Å². The molecule has 0 unspecified atom stereocenters. The fraction of sp³-hybridized carbons (Fsp3) is 0.556. The van der Waals surface area contributed by atoms with Crippen LogP contribution < -0.4 is 0 Å². The van der Waals surface area contributed by atoms with Crippen molar-refractivity contribution >= 4 is 376 Å². The van der Waals surface area contributed by atoms with Crippen molar-refractivity contribution in [2.24, 2.45) is 0 Å². The minimum Gasteiger partial charge on any atom is -0.117 e. The van der Waals surface area contributed by atoms with Gasteiger partial charge in [0.15, 0.2) is 0 Å². The van der Waals surface area contributed by atoms with Crippen LogP contribution in [0.15, 0.2) is 102 Å². The number of thioether (sulfide) groups is 32. The predicted molar refractivity (Wildman–Crippen MR) is 472 cm³/mol. The van der Waals surface area contributed by atoms with Gasteiger partial charge in [-0.2, -0.15) is 0 Å². The Morgan fingerprint density at radius 1 is 0.186 bits per heavy atom. The summed E-state index contributed by atoms with van der Waals surface area (Å²) in [6, 6.07) is 0. The third kappa shape index (κ3) is 22.5. The van der Waals surface area contributed by atoms with Crippen LogP contribution in [0.5, 0.6) is 0 Å². The predicted octanol–water partition coefficient (Wildman–Crippen LogP) is 33.2. The van der Waals surface area contributed by atoms with E-state index in [2.05, 4.69) is 404 Å². The van der Waals surface area contributed by atoms with E-state index in [-0.39, 0.29) is 0 Å². The fourth-order valence-corrected chi connectivity index (χ4v) is 59.3. The third-order valence-electron chi connectivity index (χ3n) is 12.2. The van der Waals surface area contributed by atoms with Crippen LogP contribution in [0.4, 0.5) is 0 Å². The van der Waals surface area contributed by atoms with Crippen molar-refractivity contribution in [3.8, 4) is 0 Å². The Kier molecular flexibility index (Phi) is 36.2. The van der Waals surface area contributed by atoms with Gasteiger partial charge in [-0.3, -0.25) is 0 Å². The first-order valence-corrected chi connectivity index (χ1v) is 57.1. The molecule has 0 aromatic heterocycles. The molecule has 32 heteroatoms. The fourth-order valence-electron chi connectivity index (χ4n) is 7.86. The maximum atomic E-state index is 2.33. The van der Waals surface area contributed by atoms with Crippen LogP contribution >= 0.6 is 376 Å². The Balaban J connectivity index is 0.896. The van der Waals surface area contributed by atoms with Crippen LogP contribution in [0, 0.1) is 0 Å². The van der Waals surface area contributed by atoms with E-state index in [4.69, 9.17) is 0 Å². The molecule has 0 fully saturated rings. The summed E-state index contributed by atoms with van der Waals surface area (Å²) in [6.45, 7) is 9.33. The molecule has 472 valence electrons. The van der Waals surface area contributed by atoms with Crippen LogP contribution in [0.2, 0.25) is 0 Å². The summed E-state index contributed by atoms with van der Waals surface area (Å²) in [5.41, 5.74) is 0. The van der Waals surface area contributed by atoms with E-state index in [1.807, 2.05) is 0 Å². The van der Waals surface area contributed by atoms with E-state index in [1.54, 1.807) is 33.9 Å². The molecular weight excluding hydrogens is 1670 g/mol. The average molecular weight is 1740 g/mol. The van der Waals surface area contributed by atoms with Crippen LogP contribution in [0.25, 0.3) is 0 Å². The molecule has 0 spiro atoms. The molecule has 0 saturated heterocycles. The highest BCUT2D eigenvalue weighted by molar-refractivity contribution is 8.52. The van der Waals surface area contributed by atoms with E-state index in [1.165, 1.54) is 194 Å². The number of hydrogen-bond acceptors (Lipinski definition) is 32. The van der Waals surface area contributed by atoms with Crippen molar-refractivity contribution in [2.45, 2.75) is 130 Å². The molecular formula is C54H64S32. The Morgan fingerprint density at radius 3 is 0.535 bits per heavy atom. The summed E-state index contributed by atoms with van der Waals surface area (Å²) < 4.78 is 36.6. The summed E-state index contributed by atoms with van der Waals surface area (Å²) in [4.78, 5) is 0. The Hall–Kier alpha value is 8.08. The summed E-state index contributed by atoms with van der Waals surface area (Å²) in [5, 5.41) is 6.22. The zero-order chi connectivity index (χ0) is 58.9. The highest BCUT2D eigenvalue weighted by atomic mass is 32.3. The van der Waals surface area contributed by atoms with Crippen molar-refractivity contribution < 1.29 is 0 Å². The van der Waals surface area contributed by atoms with E-state index < -0.39 is 0 Å². The van der Waals surface area contributed by atoms with Crippen LogP contribution in [0.1, 0.15) is 130 Å². The second kappa shape index (κ2) is 41.4. The van der Waals surface area contributed by atoms with Gasteiger partial charge in [0.1, 0.15) is 0 Å². The van der Waals surface area contributed by atoms with Crippen molar-refractivity contribution in [1.29, 1.82) is 0 Å². The Labute approximate surface area is 651 Å². The quantitative estimate of drug-likeness (QED) is 0.0841. The monoisotopic (exact) mass is 1740 g/mol. The first-order valence-electron chi connectivity index (χ1n) is 28.2. The Morgan fingerprint density at radius 2 is 0.349 bits per heavy atom. The number of fused-ring (bicyclic) bond motifs is 16. The lowest BCUT2D eigenvalue weighted by Gasteiger charge is -2.09. The van der Waals surface area contributed by atoms with Gasteiger partial charge in [0.05, 0.1) is 102 Å².